The lowest BCUT2D eigenvalue weighted by Crippen LogP contribution is -2.31. The molecule has 5 N–H and O–H groups in total. The van der Waals surface area contributed by atoms with Crippen molar-refractivity contribution in [3.63, 3.8) is 0 Å². The fourth-order valence-corrected chi connectivity index (χ4v) is 8.02. The Hall–Kier alpha value is -5.92. The van der Waals surface area contributed by atoms with E-state index in [4.69, 9.17) is 16.2 Å². The Bertz CT molecular complexity index is 2250. The van der Waals surface area contributed by atoms with Crippen LogP contribution in [0.15, 0.2) is 206 Å². The zero-order valence-electron chi connectivity index (χ0n) is 54.1. The molecule has 81 heavy (non-hydrogen) atoms. The zero-order valence-corrected chi connectivity index (χ0v) is 54.9. The predicted molar refractivity (Wildman–Crippen MR) is 366 cm³/mol. The van der Waals surface area contributed by atoms with E-state index >= 15 is 0 Å². The minimum absolute atomic E-state index is 0.0839. The van der Waals surface area contributed by atoms with Crippen molar-refractivity contribution >= 4 is 17.9 Å². The Kier molecular flexibility index (Phi) is 54.8. The van der Waals surface area contributed by atoms with Gasteiger partial charge in [0.05, 0.1) is 0 Å². The number of hydrogen-bond acceptors (Lipinski definition) is 5. The monoisotopic (exact) mass is 1120 g/mol. The van der Waals surface area contributed by atoms with E-state index in [-0.39, 0.29) is 18.1 Å². The van der Waals surface area contributed by atoms with Gasteiger partial charge in [0.25, 0.3) is 0 Å². The van der Waals surface area contributed by atoms with Crippen LogP contribution in [-0.4, -0.2) is 42.3 Å². The van der Waals surface area contributed by atoms with Gasteiger partial charge in [0.1, 0.15) is 6.61 Å². The highest BCUT2D eigenvalue weighted by atomic mass is 32.2. The molecule has 0 radical (unpaired) electrons. The van der Waals surface area contributed by atoms with Crippen molar-refractivity contribution in [2.24, 2.45) is 17.4 Å². The van der Waals surface area contributed by atoms with Crippen LogP contribution < -0.4 is 16.8 Å². The number of carbonyl (C=O) groups is 1. The molecular weight excluding hydrogens is 1010 g/mol. The van der Waals surface area contributed by atoms with Crippen molar-refractivity contribution in [1.29, 1.82) is 0 Å². The molecular formula is C75H115N3O2S. The molecule has 1 amide bonds. The molecule has 7 aromatic rings. The number of ether oxygens (including phenoxy) is 1. The summed E-state index contributed by atoms with van der Waals surface area (Å²) in [6, 6.07) is 71.2. The van der Waals surface area contributed by atoms with Crippen LogP contribution in [0.25, 0.3) is 11.1 Å². The average molecular weight is 1120 g/mol. The molecule has 448 valence electrons. The number of aryl methyl sites for hydroxylation is 2. The smallest absolute Gasteiger partial charge is 0.407 e. The summed E-state index contributed by atoms with van der Waals surface area (Å²) in [5, 5.41) is 2.75. The number of thioether (sulfide) groups is 1. The molecule has 0 fully saturated rings. The van der Waals surface area contributed by atoms with Crippen LogP contribution in [0, 0.1) is 19.8 Å². The van der Waals surface area contributed by atoms with Crippen molar-refractivity contribution in [1.82, 2.24) is 5.32 Å². The van der Waals surface area contributed by atoms with Gasteiger partial charge in [-0.3, -0.25) is 0 Å². The number of nitrogens with two attached hydrogens (primary N) is 2. The number of rotatable bonds is 13. The Labute approximate surface area is 502 Å². The van der Waals surface area contributed by atoms with Crippen LogP contribution in [0.2, 0.25) is 0 Å². The summed E-state index contributed by atoms with van der Waals surface area (Å²) < 4.78 is 5.40. The van der Waals surface area contributed by atoms with Gasteiger partial charge in [-0.1, -0.05) is 313 Å². The van der Waals surface area contributed by atoms with E-state index in [1.807, 2.05) is 177 Å². The number of amides is 1. The van der Waals surface area contributed by atoms with Gasteiger partial charge in [0, 0.05) is 29.8 Å². The quantitative estimate of drug-likeness (QED) is 0.100. The first-order valence-electron chi connectivity index (χ1n) is 30.4. The molecule has 6 heteroatoms. The number of alkyl carbamates (subject to hydrolysis) is 1. The number of unbranched alkanes of at least 4 members (excludes halogenated alkanes) is 1. The van der Waals surface area contributed by atoms with Crippen molar-refractivity contribution < 1.29 is 9.53 Å². The Morgan fingerprint density at radius 1 is 0.506 bits per heavy atom. The summed E-state index contributed by atoms with van der Waals surface area (Å²) in [5.41, 5.74) is 21.4. The second-order valence-electron chi connectivity index (χ2n) is 19.9. The Balaban J connectivity index is -0.000000884. The van der Waals surface area contributed by atoms with Gasteiger partial charge in [-0.15, -0.1) is 0 Å². The lowest BCUT2D eigenvalue weighted by molar-refractivity contribution is 0.140. The third-order valence-electron chi connectivity index (χ3n) is 11.0. The molecule has 0 aromatic heterocycles. The average Bonchev–Trinajstić information content (AvgIpc) is 3.95. The van der Waals surface area contributed by atoms with Crippen molar-refractivity contribution in [3.05, 3.63) is 240 Å². The first kappa shape index (κ1) is 79.3. The van der Waals surface area contributed by atoms with Crippen LogP contribution in [0.4, 0.5) is 4.79 Å². The summed E-state index contributed by atoms with van der Waals surface area (Å²) in [5.74, 6) is 3.90. The van der Waals surface area contributed by atoms with Crippen LogP contribution in [0.3, 0.4) is 0 Å². The van der Waals surface area contributed by atoms with Crippen LogP contribution in [0.5, 0.6) is 0 Å². The minimum atomic E-state index is -0.355. The van der Waals surface area contributed by atoms with Gasteiger partial charge in [-0.25, -0.2) is 4.79 Å². The lowest BCUT2D eigenvalue weighted by Gasteiger charge is -2.15. The number of fused-ring (bicyclic) bond motifs is 3. The van der Waals surface area contributed by atoms with Gasteiger partial charge in [0.15, 0.2) is 0 Å². The predicted octanol–water partition coefficient (Wildman–Crippen LogP) is 21.4. The number of benzene rings is 7. The SMILES string of the molecule is CC.CC.CC.CC(C)Cc1ccccc1.CC(C)NC(=O)OCC1c2ccccc2-c2ccccc21.CC(C)c1ccccc1.CCCCC(C)N.CCCSCC(C)N.Cc1ccccc1.Cc1ccccc1.c1ccccc1. The van der Waals surface area contributed by atoms with Gasteiger partial charge in [0.2, 0.25) is 0 Å². The van der Waals surface area contributed by atoms with Gasteiger partial charge in [-0.2, -0.15) is 11.8 Å². The second-order valence-corrected chi connectivity index (χ2v) is 21.1. The Morgan fingerprint density at radius 3 is 1.17 bits per heavy atom. The van der Waals surface area contributed by atoms with Gasteiger partial charge < -0.3 is 21.5 Å². The molecule has 2 unspecified atom stereocenters. The normalized spacial score (nSPS) is 10.7. The van der Waals surface area contributed by atoms with Crippen molar-refractivity contribution in [3.8, 4) is 11.1 Å². The number of nitrogens with one attached hydrogen (secondary N) is 1. The molecule has 5 nitrogen and oxygen atoms in total. The zero-order chi connectivity index (χ0) is 61.5. The molecule has 0 heterocycles. The molecule has 1 aliphatic rings. The van der Waals surface area contributed by atoms with E-state index in [1.165, 1.54) is 82.4 Å². The molecule has 8 rings (SSSR count). The van der Waals surface area contributed by atoms with Gasteiger partial charge in [-0.05, 0) is 112 Å². The first-order valence-corrected chi connectivity index (χ1v) is 31.6. The van der Waals surface area contributed by atoms with E-state index in [2.05, 4.69) is 171 Å². The minimum Gasteiger partial charge on any atom is -0.449 e. The Morgan fingerprint density at radius 2 is 0.877 bits per heavy atom. The molecule has 0 bridgehead atoms. The van der Waals surface area contributed by atoms with Crippen LogP contribution in [0.1, 0.15) is 182 Å². The number of hydrogen-bond donors (Lipinski definition) is 3. The summed E-state index contributed by atoms with van der Waals surface area (Å²) in [4.78, 5) is 11.7. The van der Waals surface area contributed by atoms with E-state index in [9.17, 15) is 4.79 Å². The van der Waals surface area contributed by atoms with Crippen LogP contribution >= 0.6 is 11.8 Å². The fraction of sp³-hybridized carbons (Fsp3) is 0.427. The van der Waals surface area contributed by atoms with Gasteiger partial charge >= 0.3 is 6.09 Å². The molecule has 0 saturated heterocycles. The molecule has 0 saturated carbocycles. The lowest BCUT2D eigenvalue weighted by atomic mass is 9.98. The van der Waals surface area contributed by atoms with Crippen molar-refractivity contribution in [2.45, 2.75) is 187 Å². The molecule has 1 aliphatic carbocycles. The maximum Gasteiger partial charge on any atom is 0.407 e. The third-order valence-corrected chi connectivity index (χ3v) is 12.5. The summed E-state index contributed by atoms with van der Waals surface area (Å²) >= 11 is 1.94. The third kappa shape index (κ3) is 45.4. The van der Waals surface area contributed by atoms with Crippen LogP contribution in [-0.2, 0) is 11.2 Å². The van der Waals surface area contributed by atoms with Crippen molar-refractivity contribution in [2.75, 3.05) is 18.1 Å². The highest BCUT2D eigenvalue weighted by Crippen LogP contribution is 2.44. The second kappa shape index (κ2) is 56.0. The summed E-state index contributed by atoms with van der Waals surface area (Å²) in [7, 11) is 0. The highest BCUT2D eigenvalue weighted by molar-refractivity contribution is 7.99. The molecule has 7 aromatic carbocycles. The van der Waals surface area contributed by atoms with E-state index < -0.39 is 0 Å². The largest absolute Gasteiger partial charge is 0.449 e. The first-order chi connectivity index (χ1) is 39.1. The topological polar surface area (TPSA) is 90.4 Å². The molecule has 2 atom stereocenters. The maximum absolute atomic E-state index is 11.7. The molecule has 0 spiro atoms. The fourth-order valence-electron chi connectivity index (χ4n) is 7.19. The summed E-state index contributed by atoms with van der Waals surface area (Å²) in [6.45, 7) is 37.7. The maximum atomic E-state index is 11.7. The van der Waals surface area contributed by atoms with E-state index in [0.717, 1.165) is 11.7 Å². The van der Waals surface area contributed by atoms with E-state index in [0.29, 0.717) is 24.6 Å². The van der Waals surface area contributed by atoms with E-state index in [1.54, 1.807) is 0 Å². The summed E-state index contributed by atoms with van der Waals surface area (Å²) in [6.07, 6.45) is 5.82. The highest BCUT2D eigenvalue weighted by Gasteiger charge is 2.29. The standard InChI is InChI=1S/C18H19NO2.C10H14.C9H12.2C7H8.C6H15NS.C6H15N.C6H6.3C2H6/c1-12(2)19-18(20)21-11-17-15-9-5-3-7-13(15)14-8-4-6-10-16(14)17;1-9(2)8-10-6-4-3-5-7-10;1-8(2)9-6-4-3-5-7-9;2*1-7-5-3-2-4-6-7;1-3-4-8-5-6(2)7;1-3-4-5-6(2)7;1-2-4-6-5-3-1;3*1-2/h3-10,12,17H,11H2,1-2H3,(H,19,20);3-7,9H,8H2,1-2H3;3-8H,1-2H3;2*2-6H,1H3;6H,3-5,7H2,1-2H3;6H,3-5,7H2,1-2H3;1-6H;3*1-2H3. The molecule has 0 aliphatic heterocycles. The number of carbonyl (C=O) groups excluding carboxylic acids is 1.